The van der Waals surface area contributed by atoms with Crippen molar-refractivity contribution >= 4 is 29.0 Å². The van der Waals surface area contributed by atoms with Crippen molar-refractivity contribution in [3.63, 3.8) is 0 Å². The number of benzene rings is 9. The van der Waals surface area contributed by atoms with E-state index in [2.05, 4.69) is 243 Å². The molecule has 1 aromatic heterocycles. The summed E-state index contributed by atoms with van der Waals surface area (Å²) in [4.78, 5) is 19.0. The van der Waals surface area contributed by atoms with Crippen LogP contribution in [0.2, 0.25) is 0 Å². The Balaban J connectivity index is 0.925. The van der Waals surface area contributed by atoms with Gasteiger partial charge in [-0.1, -0.05) is 230 Å². The molecular weight excluding hydrogens is 867 g/mol. The minimum atomic E-state index is -0.446. The summed E-state index contributed by atoms with van der Waals surface area (Å²) in [6.07, 6.45) is 3.89. The molecule has 3 heterocycles. The molecule has 3 nitrogen and oxygen atoms in total. The molecule has 0 radical (unpaired) electrons. The highest BCUT2D eigenvalue weighted by Gasteiger charge is 2.50. The number of hydrogen-bond donors (Lipinski definition) is 0. The van der Waals surface area contributed by atoms with E-state index in [-0.39, 0.29) is 0 Å². The van der Waals surface area contributed by atoms with Crippen molar-refractivity contribution in [3.05, 3.63) is 288 Å². The number of nitrogens with zero attached hydrogens (tertiary/aromatic N) is 3. The van der Waals surface area contributed by atoms with Crippen LogP contribution in [0.1, 0.15) is 51.8 Å². The highest BCUT2D eigenvalue weighted by atomic mass is 32.2. The maximum absolute atomic E-state index is 5.53. The third-order valence-corrected chi connectivity index (χ3v) is 15.2. The molecule has 0 saturated carbocycles. The van der Waals surface area contributed by atoms with Crippen molar-refractivity contribution in [1.29, 1.82) is 0 Å². The number of pyridine rings is 1. The summed E-state index contributed by atoms with van der Waals surface area (Å²) in [5, 5.41) is 0. The fourth-order valence-corrected chi connectivity index (χ4v) is 12.0. The van der Waals surface area contributed by atoms with E-state index in [4.69, 9.17) is 15.0 Å². The van der Waals surface area contributed by atoms with Gasteiger partial charge in [0.1, 0.15) is 0 Å². The zero-order valence-electron chi connectivity index (χ0n) is 38.3. The van der Waals surface area contributed by atoms with Gasteiger partial charge in [0.05, 0.1) is 28.2 Å². The van der Waals surface area contributed by atoms with E-state index in [1.807, 2.05) is 17.8 Å². The number of amidine groups is 1. The van der Waals surface area contributed by atoms with Gasteiger partial charge in [0, 0.05) is 32.0 Å². The molecule has 0 unspecified atom stereocenters. The average Bonchev–Trinajstić information content (AvgIpc) is 3.71. The Morgan fingerprint density at radius 1 is 0.357 bits per heavy atom. The van der Waals surface area contributed by atoms with Gasteiger partial charge in [-0.05, 0) is 104 Å². The van der Waals surface area contributed by atoms with Crippen LogP contribution in [0.25, 0.3) is 61.6 Å². The number of aromatic nitrogens is 1. The lowest BCUT2D eigenvalue weighted by atomic mass is 9.67. The van der Waals surface area contributed by atoms with Gasteiger partial charge >= 0.3 is 0 Å². The Hall–Kier alpha value is -8.44. The van der Waals surface area contributed by atoms with E-state index >= 15 is 0 Å². The molecular formula is C66H45N3S. The van der Waals surface area contributed by atoms with Crippen molar-refractivity contribution in [2.75, 3.05) is 0 Å². The SMILES string of the molecule is C1=C(c2ccc(-c3ccc(-c4ccccc4)nc3-c3cccc(-c4ccccc4)c3)cc2)/N=C(c2ccc3c(c2)-c2ccccc2C32c3ccccc3Sc3ccccc32)\N=C(\c2ccccc2)CC\1. The minimum absolute atomic E-state index is 0.446. The monoisotopic (exact) mass is 911 g/mol. The molecule has 0 fully saturated rings. The van der Waals surface area contributed by atoms with E-state index in [9.17, 15) is 0 Å². The number of aliphatic imine (C=N–C) groups is 2. The van der Waals surface area contributed by atoms with Crippen molar-refractivity contribution < 1.29 is 0 Å². The molecule has 13 rings (SSSR count). The molecule has 4 heteroatoms. The Labute approximate surface area is 413 Å². The fourth-order valence-electron chi connectivity index (χ4n) is 10.8. The number of fused-ring (bicyclic) bond motifs is 9. The highest BCUT2D eigenvalue weighted by molar-refractivity contribution is 7.99. The summed E-state index contributed by atoms with van der Waals surface area (Å²) in [5.41, 5.74) is 20.9. The van der Waals surface area contributed by atoms with E-state index in [1.54, 1.807) is 0 Å². The summed E-state index contributed by atoms with van der Waals surface area (Å²) >= 11 is 1.87. The van der Waals surface area contributed by atoms with E-state index in [0.717, 1.165) is 80.1 Å². The first-order valence-electron chi connectivity index (χ1n) is 24.1. The second-order valence-electron chi connectivity index (χ2n) is 18.1. The summed E-state index contributed by atoms with van der Waals surface area (Å²) in [7, 11) is 0. The molecule has 330 valence electrons. The smallest absolute Gasteiger partial charge is 0.160 e. The lowest BCUT2D eigenvalue weighted by Crippen LogP contribution is -2.31. The van der Waals surface area contributed by atoms with Crippen LogP contribution in [0.5, 0.6) is 0 Å². The highest BCUT2D eigenvalue weighted by Crippen LogP contribution is 2.62. The van der Waals surface area contributed by atoms with Crippen molar-refractivity contribution in [3.8, 4) is 55.9 Å². The van der Waals surface area contributed by atoms with Crippen molar-refractivity contribution in [1.82, 2.24) is 4.98 Å². The lowest BCUT2D eigenvalue weighted by Gasteiger charge is -2.39. The van der Waals surface area contributed by atoms with Gasteiger partial charge in [0.25, 0.3) is 0 Å². The van der Waals surface area contributed by atoms with Gasteiger partial charge in [-0.15, -0.1) is 0 Å². The van der Waals surface area contributed by atoms with Gasteiger partial charge in [-0.25, -0.2) is 15.0 Å². The first-order chi connectivity index (χ1) is 34.7. The third kappa shape index (κ3) is 7.19. The summed E-state index contributed by atoms with van der Waals surface area (Å²) in [6, 6.07) is 87.4. The molecule has 0 saturated heterocycles. The molecule has 0 N–H and O–H groups in total. The molecule has 3 aliphatic rings. The van der Waals surface area contributed by atoms with Crippen LogP contribution in [-0.4, -0.2) is 16.5 Å². The Bertz CT molecular complexity index is 3680. The lowest BCUT2D eigenvalue weighted by molar-refractivity contribution is 0.722. The standard InChI is InChI=1S/C66H45N3S/c1-4-18-44(19-5-1)49-24-16-25-50(42-49)64-52(39-41-61(67-64)47-22-8-3-9-23-47)45-34-36-48(37-35-45)60-31-17-30-59(46-20-6-2-7-21-46)68-65(69-60)51-38-40-56-54(43-51)53-26-10-11-27-55(53)66(56)57-28-12-14-32-62(57)70-63-33-15-13-29-58(63)66/h1-16,18-29,31-43H,17,30H2/b60-31-,68-59+,69-65-. The Morgan fingerprint density at radius 3 is 1.66 bits per heavy atom. The van der Waals surface area contributed by atoms with Gasteiger partial charge in [0.15, 0.2) is 5.84 Å². The van der Waals surface area contributed by atoms with Crippen LogP contribution in [0.4, 0.5) is 0 Å². The fraction of sp³-hybridized carbons (Fsp3) is 0.0455. The van der Waals surface area contributed by atoms with E-state index < -0.39 is 5.41 Å². The first-order valence-corrected chi connectivity index (χ1v) is 24.9. The minimum Gasteiger partial charge on any atom is -0.247 e. The van der Waals surface area contributed by atoms with Crippen LogP contribution >= 0.6 is 11.8 Å². The predicted octanol–water partition coefficient (Wildman–Crippen LogP) is 16.6. The molecule has 9 aromatic carbocycles. The molecule has 70 heavy (non-hydrogen) atoms. The van der Waals surface area contributed by atoms with Gasteiger partial charge in [-0.3, -0.25) is 0 Å². The van der Waals surface area contributed by atoms with E-state index in [1.165, 1.54) is 48.7 Å². The molecule has 2 aliphatic heterocycles. The molecule has 0 atom stereocenters. The number of hydrogen-bond acceptors (Lipinski definition) is 4. The third-order valence-electron chi connectivity index (χ3n) is 14.1. The van der Waals surface area contributed by atoms with Gasteiger partial charge < -0.3 is 0 Å². The molecule has 1 spiro atoms. The molecule has 1 aliphatic carbocycles. The number of rotatable bonds is 7. The second-order valence-corrected chi connectivity index (χ2v) is 19.2. The maximum atomic E-state index is 5.53. The maximum Gasteiger partial charge on any atom is 0.160 e. The Morgan fingerprint density at radius 2 is 0.929 bits per heavy atom. The molecule has 0 bridgehead atoms. The Kier molecular flexibility index (Phi) is 10.5. The first kappa shape index (κ1) is 41.7. The molecule has 10 aromatic rings. The zero-order chi connectivity index (χ0) is 46.4. The van der Waals surface area contributed by atoms with Gasteiger partial charge in [0.2, 0.25) is 0 Å². The zero-order valence-corrected chi connectivity index (χ0v) is 39.2. The normalized spacial score (nSPS) is 16.4. The number of allylic oxidation sites excluding steroid dienone is 1. The van der Waals surface area contributed by atoms with Crippen LogP contribution in [0.15, 0.2) is 269 Å². The quantitative estimate of drug-likeness (QED) is 0.160. The van der Waals surface area contributed by atoms with Crippen molar-refractivity contribution in [2.45, 2.75) is 28.0 Å². The second kappa shape index (κ2) is 17.6. The van der Waals surface area contributed by atoms with Crippen LogP contribution in [0, 0.1) is 0 Å². The van der Waals surface area contributed by atoms with Crippen LogP contribution in [-0.2, 0) is 5.41 Å². The largest absolute Gasteiger partial charge is 0.247 e. The van der Waals surface area contributed by atoms with Crippen molar-refractivity contribution in [2.24, 2.45) is 9.98 Å². The topological polar surface area (TPSA) is 37.6 Å². The summed E-state index contributed by atoms with van der Waals surface area (Å²) in [5.74, 6) is 0.705. The van der Waals surface area contributed by atoms with Gasteiger partial charge in [-0.2, -0.15) is 0 Å². The molecule has 0 amide bonds. The summed E-state index contributed by atoms with van der Waals surface area (Å²) < 4.78 is 0. The summed E-state index contributed by atoms with van der Waals surface area (Å²) in [6.45, 7) is 0. The van der Waals surface area contributed by atoms with Crippen LogP contribution in [0.3, 0.4) is 0 Å². The average molecular weight is 912 g/mol. The van der Waals surface area contributed by atoms with Crippen LogP contribution < -0.4 is 0 Å². The predicted molar refractivity (Wildman–Crippen MR) is 291 cm³/mol. The van der Waals surface area contributed by atoms with E-state index in [0.29, 0.717) is 5.84 Å².